The number of aldehydes is 1. The third-order valence-corrected chi connectivity index (χ3v) is 4.55. The summed E-state index contributed by atoms with van der Waals surface area (Å²) in [6, 6.07) is 10.4. The number of nitrogens with zero attached hydrogens (tertiary/aromatic N) is 1. The van der Waals surface area contributed by atoms with Crippen LogP contribution in [-0.4, -0.2) is 42.2 Å². The molecule has 25 heavy (non-hydrogen) atoms. The van der Waals surface area contributed by atoms with Gasteiger partial charge in [-0.1, -0.05) is 30.3 Å². The van der Waals surface area contributed by atoms with Crippen LogP contribution in [0.3, 0.4) is 0 Å². The number of fused-ring (bicyclic) bond motifs is 1. The topological polar surface area (TPSA) is 89.7 Å². The number of benzene rings is 2. The number of likely N-dealkylation sites (tertiary alicyclic amines) is 1. The number of carbonyl (C=O) groups excluding carboxylic acids is 3. The van der Waals surface area contributed by atoms with E-state index in [1.165, 1.54) is 4.90 Å². The molecule has 0 aromatic heterocycles. The molecule has 1 heterocycles. The maximum atomic E-state index is 12.5. The van der Waals surface area contributed by atoms with E-state index in [9.17, 15) is 14.4 Å². The molecule has 2 N–H and O–H groups in total. The second-order valence-electron chi connectivity index (χ2n) is 6.11. The maximum Gasteiger partial charge on any atom is 0.261 e. The molecule has 3 rings (SSSR count). The van der Waals surface area contributed by atoms with E-state index in [1.54, 1.807) is 6.07 Å². The summed E-state index contributed by atoms with van der Waals surface area (Å²) in [5.41, 5.74) is 5.80. The summed E-state index contributed by atoms with van der Waals surface area (Å²) in [6.45, 7) is 0.261. The molecule has 0 radical (unpaired) electrons. The Morgan fingerprint density at radius 1 is 1.20 bits per heavy atom. The van der Waals surface area contributed by atoms with Gasteiger partial charge in [0.2, 0.25) is 5.91 Å². The number of ether oxygens (including phenoxy) is 1. The summed E-state index contributed by atoms with van der Waals surface area (Å²) < 4.78 is 5.60. The van der Waals surface area contributed by atoms with E-state index in [0.29, 0.717) is 24.3 Å². The predicted octanol–water partition coefficient (Wildman–Crippen LogP) is 1.90. The average molecular weight is 340 g/mol. The fourth-order valence-electron chi connectivity index (χ4n) is 3.27. The number of hydrogen-bond donors (Lipinski definition) is 1. The Morgan fingerprint density at radius 2 is 2.00 bits per heavy atom. The van der Waals surface area contributed by atoms with Crippen molar-refractivity contribution < 1.29 is 19.1 Å². The highest BCUT2D eigenvalue weighted by molar-refractivity contribution is 6.01. The first-order valence-electron chi connectivity index (χ1n) is 8.30. The lowest BCUT2D eigenvalue weighted by atomic mass is 10.0. The van der Waals surface area contributed by atoms with Gasteiger partial charge in [0.25, 0.3) is 5.91 Å². The van der Waals surface area contributed by atoms with Crippen molar-refractivity contribution in [2.24, 2.45) is 5.73 Å². The lowest BCUT2D eigenvalue weighted by Gasteiger charge is -2.33. The summed E-state index contributed by atoms with van der Waals surface area (Å²) in [4.78, 5) is 37.0. The predicted molar refractivity (Wildman–Crippen MR) is 93.4 cm³/mol. The molecule has 6 heteroatoms. The second kappa shape index (κ2) is 7.34. The van der Waals surface area contributed by atoms with Gasteiger partial charge in [-0.25, -0.2) is 0 Å². The minimum absolute atomic E-state index is 0.233. The molecule has 1 aliphatic rings. The van der Waals surface area contributed by atoms with Crippen molar-refractivity contribution in [1.29, 1.82) is 0 Å². The van der Waals surface area contributed by atoms with Crippen LogP contribution in [0.15, 0.2) is 36.4 Å². The zero-order valence-electron chi connectivity index (χ0n) is 13.8. The van der Waals surface area contributed by atoms with Crippen LogP contribution >= 0.6 is 0 Å². The Bertz CT molecular complexity index is 818. The van der Waals surface area contributed by atoms with Crippen LogP contribution in [0.1, 0.15) is 29.6 Å². The monoisotopic (exact) mass is 340 g/mol. The summed E-state index contributed by atoms with van der Waals surface area (Å²) in [5, 5.41) is 1.70. The van der Waals surface area contributed by atoms with Crippen molar-refractivity contribution in [2.75, 3.05) is 13.2 Å². The Balaban J connectivity index is 1.77. The van der Waals surface area contributed by atoms with Crippen LogP contribution in [0.4, 0.5) is 0 Å². The van der Waals surface area contributed by atoms with Crippen LogP contribution < -0.4 is 10.5 Å². The van der Waals surface area contributed by atoms with Crippen LogP contribution in [-0.2, 0) is 9.59 Å². The number of primary amides is 1. The van der Waals surface area contributed by atoms with Crippen LogP contribution in [0.25, 0.3) is 10.8 Å². The van der Waals surface area contributed by atoms with Gasteiger partial charge in [-0.15, -0.1) is 0 Å². The Morgan fingerprint density at radius 3 is 2.76 bits per heavy atom. The van der Waals surface area contributed by atoms with Crippen molar-refractivity contribution in [3.8, 4) is 5.75 Å². The SMILES string of the molecule is NC(=O)C1CCCCN1C(=O)COc1ccc2ccccc2c1C=O. The molecule has 1 saturated heterocycles. The van der Waals surface area contributed by atoms with Crippen LogP contribution in [0, 0.1) is 0 Å². The minimum atomic E-state index is -0.577. The number of hydrogen-bond acceptors (Lipinski definition) is 4. The van der Waals surface area contributed by atoms with E-state index < -0.39 is 11.9 Å². The number of piperidine rings is 1. The van der Waals surface area contributed by atoms with Crippen LogP contribution in [0.2, 0.25) is 0 Å². The molecule has 0 spiro atoms. The fraction of sp³-hybridized carbons (Fsp3) is 0.316. The molecular formula is C19H20N2O4. The van der Waals surface area contributed by atoms with Gasteiger partial charge < -0.3 is 15.4 Å². The lowest BCUT2D eigenvalue weighted by molar-refractivity contribution is -0.142. The van der Waals surface area contributed by atoms with E-state index in [-0.39, 0.29) is 12.5 Å². The van der Waals surface area contributed by atoms with Gasteiger partial charge in [0.1, 0.15) is 11.8 Å². The molecule has 1 fully saturated rings. The van der Waals surface area contributed by atoms with Crippen molar-refractivity contribution in [1.82, 2.24) is 4.90 Å². The third kappa shape index (κ3) is 3.47. The molecule has 0 aliphatic carbocycles. The van der Waals surface area contributed by atoms with E-state index in [0.717, 1.165) is 29.9 Å². The highest BCUT2D eigenvalue weighted by atomic mass is 16.5. The van der Waals surface area contributed by atoms with Crippen molar-refractivity contribution >= 4 is 28.9 Å². The van der Waals surface area contributed by atoms with Gasteiger partial charge in [-0.05, 0) is 36.1 Å². The smallest absolute Gasteiger partial charge is 0.261 e. The first-order chi connectivity index (χ1) is 12.1. The molecule has 6 nitrogen and oxygen atoms in total. The Labute approximate surface area is 145 Å². The average Bonchev–Trinajstić information content (AvgIpc) is 2.65. The van der Waals surface area contributed by atoms with Gasteiger partial charge >= 0.3 is 0 Å². The number of rotatable bonds is 5. The molecule has 2 aromatic carbocycles. The van der Waals surface area contributed by atoms with Crippen molar-refractivity contribution in [3.63, 3.8) is 0 Å². The first kappa shape index (κ1) is 17.0. The quantitative estimate of drug-likeness (QED) is 0.842. The van der Waals surface area contributed by atoms with Crippen molar-refractivity contribution in [2.45, 2.75) is 25.3 Å². The molecular weight excluding hydrogens is 320 g/mol. The highest BCUT2D eigenvalue weighted by Gasteiger charge is 2.30. The molecule has 0 bridgehead atoms. The van der Waals surface area contributed by atoms with Gasteiger partial charge in [0, 0.05) is 6.54 Å². The van der Waals surface area contributed by atoms with Gasteiger partial charge in [-0.3, -0.25) is 14.4 Å². The van der Waals surface area contributed by atoms with Crippen LogP contribution in [0.5, 0.6) is 5.75 Å². The molecule has 2 amide bonds. The second-order valence-corrected chi connectivity index (χ2v) is 6.11. The number of nitrogens with two attached hydrogens (primary N) is 1. The minimum Gasteiger partial charge on any atom is -0.483 e. The van der Waals surface area contributed by atoms with Gasteiger partial charge in [0.15, 0.2) is 12.9 Å². The molecule has 0 saturated carbocycles. The molecule has 2 aromatic rings. The Hall–Kier alpha value is -2.89. The summed E-state index contributed by atoms with van der Waals surface area (Å²) >= 11 is 0. The number of carbonyl (C=O) groups is 3. The normalized spacial score (nSPS) is 17.3. The maximum absolute atomic E-state index is 12.5. The third-order valence-electron chi connectivity index (χ3n) is 4.55. The van der Waals surface area contributed by atoms with E-state index >= 15 is 0 Å². The number of amides is 2. The molecule has 1 unspecified atom stereocenters. The summed E-state index contributed by atoms with van der Waals surface area (Å²) in [7, 11) is 0. The largest absolute Gasteiger partial charge is 0.483 e. The summed E-state index contributed by atoms with van der Waals surface area (Å²) in [6.07, 6.45) is 3.02. The van der Waals surface area contributed by atoms with E-state index in [4.69, 9.17) is 10.5 Å². The highest BCUT2D eigenvalue weighted by Crippen LogP contribution is 2.27. The van der Waals surface area contributed by atoms with E-state index in [1.807, 2.05) is 30.3 Å². The summed E-state index contributed by atoms with van der Waals surface area (Å²) in [5.74, 6) is -0.435. The first-order valence-corrected chi connectivity index (χ1v) is 8.30. The lowest BCUT2D eigenvalue weighted by Crippen LogP contribution is -2.51. The standard InChI is InChI=1S/C19H20N2O4/c20-19(24)16-7-3-4-10-21(16)18(23)12-25-17-9-8-13-5-1-2-6-14(13)15(17)11-22/h1-2,5-6,8-9,11,16H,3-4,7,10,12H2,(H2,20,24). The molecule has 130 valence electrons. The van der Waals surface area contributed by atoms with Crippen molar-refractivity contribution in [3.05, 3.63) is 42.0 Å². The Kier molecular flexibility index (Phi) is 4.97. The molecule has 1 atom stereocenters. The molecule has 1 aliphatic heterocycles. The fourth-order valence-corrected chi connectivity index (χ4v) is 3.27. The van der Waals surface area contributed by atoms with Gasteiger partial charge in [0.05, 0.1) is 5.56 Å². The van der Waals surface area contributed by atoms with E-state index in [2.05, 4.69) is 0 Å². The zero-order chi connectivity index (χ0) is 17.8. The van der Waals surface area contributed by atoms with Gasteiger partial charge in [-0.2, -0.15) is 0 Å². The zero-order valence-corrected chi connectivity index (χ0v) is 13.8.